The summed E-state index contributed by atoms with van der Waals surface area (Å²) in [6.45, 7) is 1.99. The van der Waals surface area contributed by atoms with Gasteiger partial charge >= 0.3 is 0 Å². The molecule has 0 aromatic heterocycles. The number of carbonyl (C=O) groups is 3. The number of ether oxygens (including phenoxy) is 2. The van der Waals surface area contributed by atoms with Gasteiger partial charge < -0.3 is 25.4 Å². The molecule has 0 bridgehead atoms. The number of amides is 3. The lowest BCUT2D eigenvalue weighted by atomic mass is 10.1. The van der Waals surface area contributed by atoms with E-state index in [1.165, 1.54) is 18.9 Å². The highest BCUT2D eigenvalue weighted by atomic mass is 32.2. The SMILES string of the molecule is COc1ccc(/C=C(\NC(=O)c2ccccc2)C(=O)Nc2ccc(SCC(=O)Nc3ccc(C)cc3)cc2)c(OC)c1. The third kappa shape index (κ3) is 8.49. The number of thioether (sulfide) groups is 1. The summed E-state index contributed by atoms with van der Waals surface area (Å²) in [5.74, 6) is 0.242. The maximum absolute atomic E-state index is 13.4. The lowest BCUT2D eigenvalue weighted by Crippen LogP contribution is -2.30. The van der Waals surface area contributed by atoms with E-state index < -0.39 is 11.8 Å². The highest BCUT2D eigenvalue weighted by Crippen LogP contribution is 2.27. The van der Waals surface area contributed by atoms with Crippen molar-refractivity contribution in [3.63, 3.8) is 0 Å². The van der Waals surface area contributed by atoms with Gasteiger partial charge in [0.25, 0.3) is 11.8 Å². The molecule has 0 spiro atoms. The molecule has 0 radical (unpaired) electrons. The average molecular weight is 582 g/mol. The highest BCUT2D eigenvalue weighted by molar-refractivity contribution is 8.00. The molecule has 3 amide bonds. The average Bonchev–Trinajstić information content (AvgIpc) is 3.02. The molecule has 0 atom stereocenters. The minimum absolute atomic E-state index is 0.0264. The number of benzene rings is 4. The van der Waals surface area contributed by atoms with Crippen molar-refractivity contribution in [1.29, 1.82) is 0 Å². The van der Waals surface area contributed by atoms with E-state index in [9.17, 15) is 14.4 Å². The van der Waals surface area contributed by atoms with Crippen LogP contribution in [-0.2, 0) is 9.59 Å². The first-order valence-corrected chi connectivity index (χ1v) is 14.0. The van der Waals surface area contributed by atoms with Crippen LogP contribution >= 0.6 is 11.8 Å². The molecule has 214 valence electrons. The minimum Gasteiger partial charge on any atom is -0.497 e. The van der Waals surface area contributed by atoms with Crippen LogP contribution in [0.25, 0.3) is 6.08 Å². The topological polar surface area (TPSA) is 106 Å². The molecule has 4 rings (SSSR count). The van der Waals surface area contributed by atoms with Crippen LogP contribution in [0.3, 0.4) is 0 Å². The fourth-order valence-corrected chi connectivity index (χ4v) is 4.55. The van der Waals surface area contributed by atoms with Crippen molar-refractivity contribution in [3.8, 4) is 11.5 Å². The van der Waals surface area contributed by atoms with Gasteiger partial charge in [0.2, 0.25) is 5.91 Å². The van der Waals surface area contributed by atoms with Gasteiger partial charge in [-0.25, -0.2) is 0 Å². The number of anilines is 2. The number of nitrogens with one attached hydrogen (secondary N) is 3. The van der Waals surface area contributed by atoms with Crippen molar-refractivity contribution < 1.29 is 23.9 Å². The van der Waals surface area contributed by atoms with Gasteiger partial charge in [0.15, 0.2) is 0 Å². The van der Waals surface area contributed by atoms with Gasteiger partial charge in [0.05, 0.1) is 20.0 Å². The Bertz CT molecular complexity index is 1570. The summed E-state index contributed by atoms with van der Waals surface area (Å²) in [7, 11) is 3.06. The first kappa shape index (κ1) is 30.0. The maximum Gasteiger partial charge on any atom is 0.272 e. The third-order valence-electron chi connectivity index (χ3n) is 6.09. The number of hydrogen-bond donors (Lipinski definition) is 3. The lowest BCUT2D eigenvalue weighted by molar-refractivity contribution is -0.114. The Kier molecular flexibility index (Phi) is 10.4. The number of aryl methyl sites for hydroxylation is 1. The summed E-state index contributed by atoms with van der Waals surface area (Å²) >= 11 is 1.38. The Balaban J connectivity index is 1.45. The summed E-state index contributed by atoms with van der Waals surface area (Å²) in [4.78, 5) is 39.5. The van der Waals surface area contributed by atoms with Crippen LogP contribution in [0.5, 0.6) is 11.5 Å². The van der Waals surface area contributed by atoms with E-state index in [-0.39, 0.29) is 17.4 Å². The molecule has 0 fully saturated rings. The molecule has 4 aromatic carbocycles. The quantitative estimate of drug-likeness (QED) is 0.145. The second-order valence-electron chi connectivity index (χ2n) is 9.17. The van der Waals surface area contributed by atoms with Crippen LogP contribution in [0.15, 0.2) is 108 Å². The van der Waals surface area contributed by atoms with Crippen LogP contribution in [0, 0.1) is 6.92 Å². The van der Waals surface area contributed by atoms with Gasteiger partial charge in [-0.3, -0.25) is 14.4 Å². The molecule has 0 unspecified atom stereocenters. The van der Waals surface area contributed by atoms with Crippen LogP contribution in [-0.4, -0.2) is 37.7 Å². The molecular formula is C33H31N3O5S. The van der Waals surface area contributed by atoms with Crippen molar-refractivity contribution in [2.75, 3.05) is 30.6 Å². The second kappa shape index (κ2) is 14.6. The number of methoxy groups -OCH3 is 2. The molecule has 0 aliphatic carbocycles. The zero-order chi connectivity index (χ0) is 29.9. The van der Waals surface area contributed by atoms with Gasteiger partial charge in [-0.15, -0.1) is 11.8 Å². The van der Waals surface area contributed by atoms with Crippen molar-refractivity contribution in [1.82, 2.24) is 5.32 Å². The van der Waals surface area contributed by atoms with E-state index in [1.54, 1.807) is 73.8 Å². The summed E-state index contributed by atoms with van der Waals surface area (Å²) in [6.07, 6.45) is 1.55. The normalized spacial score (nSPS) is 10.9. The van der Waals surface area contributed by atoms with Crippen molar-refractivity contribution in [3.05, 3.63) is 119 Å². The van der Waals surface area contributed by atoms with Crippen molar-refractivity contribution in [2.45, 2.75) is 11.8 Å². The standard InChI is InChI=1S/C33H31N3O5S/c1-22-9-12-25(13-10-22)34-31(37)21-42-28-17-14-26(15-18-28)35-33(39)29(36-32(38)23-7-5-4-6-8-23)19-24-11-16-27(40-2)20-30(24)41-3/h4-20H,21H2,1-3H3,(H,34,37)(H,35,39)(H,36,38)/b29-19-. The zero-order valence-corrected chi connectivity index (χ0v) is 24.3. The van der Waals surface area contributed by atoms with Gasteiger partial charge in [-0.2, -0.15) is 0 Å². The Hall–Kier alpha value is -5.02. The summed E-state index contributed by atoms with van der Waals surface area (Å²) in [5.41, 5.74) is 3.41. The Labute approximate surface area is 249 Å². The zero-order valence-electron chi connectivity index (χ0n) is 23.5. The summed E-state index contributed by atoms with van der Waals surface area (Å²) in [5, 5.41) is 8.43. The first-order chi connectivity index (χ1) is 20.3. The van der Waals surface area contributed by atoms with E-state index in [0.717, 1.165) is 16.1 Å². The molecule has 0 aliphatic rings. The number of rotatable bonds is 11. The summed E-state index contributed by atoms with van der Waals surface area (Å²) < 4.78 is 10.7. The van der Waals surface area contributed by atoms with Crippen LogP contribution < -0.4 is 25.4 Å². The van der Waals surface area contributed by atoms with Gasteiger partial charge in [-0.05, 0) is 73.7 Å². The van der Waals surface area contributed by atoms with E-state index in [0.29, 0.717) is 28.3 Å². The van der Waals surface area contributed by atoms with Crippen molar-refractivity contribution in [2.24, 2.45) is 0 Å². The second-order valence-corrected chi connectivity index (χ2v) is 10.2. The molecule has 3 N–H and O–H groups in total. The van der Waals surface area contributed by atoms with Gasteiger partial charge in [-0.1, -0.05) is 35.9 Å². The molecule has 42 heavy (non-hydrogen) atoms. The molecular weight excluding hydrogens is 550 g/mol. The molecule has 0 saturated carbocycles. The summed E-state index contributed by atoms with van der Waals surface area (Å²) in [6, 6.07) is 28.5. The fourth-order valence-electron chi connectivity index (χ4n) is 3.85. The minimum atomic E-state index is -0.518. The van der Waals surface area contributed by atoms with Crippen LogP contribution in [0.1, 0.15) is 21.5 Å². The number of carbonyl (C=O) groups excluding carboxylic acids is 3. The first-order valence-electron chi connectivity index (χ1n) is 13.1. The Morgan fingerprint density at radius 3 is 2.12 bits per heavy atom. The van der Waals surface area contributed by atoms with Crippen LogP contribution in [0.2, 0.25) is 0 Å². The van der Waals surface area contributed by atoms with E-state index in [1.807, 2.05) is 43.3 Å². The van der Waals surface area contributed by atoms with E-state index >= 15 is 0 Å². The molecule has 0 saturated heterocycles. The Morgan fingerprint density at radius 2 is 1.45 bits per heavy atom. The molecule has 0 aliphatic heterocycles. The lowest BCUT2D eigenvalue weighted by Gasteiger charge is -2.13. The van der Waals surface area contributed by atoms with Gasteiger partial charge in [0.1, 0.15) is 17.2 Å². The molecule has 9 heteroatoms. The smallest absolute Gasteiger partial charge is 0.272 e. The van der Waals surface area contributed by atoms with E-state index in [2.05, 4.69) is 16.0 Å². The van der Waals surface area contributed by atoms with E-state index in [4.69, 9.17) is 9.47 Å². The predicted molar refractivity (Wildman–Crippen MR) is 167 cm³/mol. The maximum atomic E-state index is 13.4. The molecule has 4 aromatic rings. The number of hydrogen-bond acceptors (Lipinski definition) is 6. The molecule has 8 nitrogen and oxygen atoms in total. The predicted octanol–water partition coefficient (Wildman–Crippen LogP) is 6.15. The van der Waals surface area contributed by atoms with Crippen molar-refractivity contribution >= 4 is 46.9 Å². The highest BCUT2D eigenvalue weighted by Gasteiger charge is 2.17. The monoisotopic (exact) mass is 581 g/mol. The largest absolute Gasteiger partial charge is 0.497 e. The fraction of sp³-hybridized carbons (Fsp3) is 0.121. The van der Waals surface area contributed by atoms with Gasteiger partial charge in [0, 0.05) is 33.5 Å². The Morgan fingerprint density at radius 1 is 0.786 bits per heavy atom. The van der Waals surface area contributed by atoms with Crippen LogP contribution in [0.4, 0.5) is 11.4 Å². The third-order valence-corrected chi connectivity index (χ3v) is 7.10. The molecule has 0 heterocycles.